The monoisotopic (exact) mass is 288 g/mol. The molecule has 0 saturated heterocycles. The van der Waals surface area contributed by atoms with Crippen LogP contribution in [-0.2, 0) is 19.2 Å². The molecule has 3 amide bonds. The van der Waals surface area contributed by atoms with Gasteiger partial charge in [0.15, 0.2) is 0 Å². The maximum atomic E-state index is 11.5. The smallest absolute Gasteiger partial charge is 0.242 e. The second-order valence-corrected chi connectivity index (χ2v) is 4.07. The van der Waals surface area contributed by atoms with Crippen molar-refractivity contribution in [3.8, 4) is 0 Å². The lowest BCUT2D eigenvalue weighted by Crippen LogP contribution is -2.48. The molecule has 0 aromatic heterocycles. The van der Waals surface area contributed by atoms with Crippen LogP contribution in [-0.4, -0.2) is 60.9 Å². The first-order valence-corrected chi connectivity index (χ1v) is 6.06. The van der Waals surface area contributed by atoms with E-state index in [1.807, 2.05) is 0 Å². The van der Waals surface area contributed by atoms with E-state index in [0.29, 0.717) is 6.29 Å². The van der Waals surface area contributed by atoms with E-state index in [-0.39, 0.29) is 26.1 Å². The number of aliphatic hydroxyl groups is 1. The number of rotatable bonds is 9. The van der Waals surface area contributed by atoms with E-state index in [9.17, 15) is 24.3 Å². The second-order valence-electron chi connectivity index (χ2n) is 4.07. The lowest BCUT2D eigenvalue weighted by atomic mass is 10.2. The lowest BCUT2D eigenvalue weighted by molar-refractivity contribution is -0.130. The van der Waals surface area contributed by atoms with Crippen LogP contribution in [0, 0.1) is 0 Å². The van der Waals surface area contributed by atoms with E-state index in [1.54, 1.807) is 0 Å². The second kappa shape index (κ2) is 9.87. The molecule has 9 nitrogen and oxygen atoms in total. The first-order valence-electron chi connectivity index (χ1n) is 6.06. The molecular formula is C11H20N4O5. The predicted molar refractivity (Wildman–Crippen MR) is 69.4 cm³/mol. The summed E-state index contributed by atoms with van der Waals surface area (Å²) in [5.41, 5.74) is 5.15. The standard InChI is InChI=1S/C11H20N4O5/c1-7(15-9(18)4-8(17)5-12)11(20)14-6-10(19)13-2-3-16/h3,7-8,17H,2,4-6,12H2,1H3,(H,13,19)(H,14,20)(H,15,18). The Labute approximate surface area is 116 Å². The van der Waals surface area contributed by atoms with Crippen LogP contribution in [0.25, 0.3) is 0 Å². The SMILES string of the molecule is CC(NC(=O)CC(O)CN)C(=O)NCC(=O)NCC=O. The van der Waals surface area contributed by atoms with E-state index in [0.717, 1.165) is 0 Å². The molecule has 0 aliphatic carbocycles. The van der Waals surface area contributed by atoms with E-state index in [2.05, 4.69) is 16.0 Å². The first-order chi connectivity index (χ1) is 9.40. The van der Waals surface area contributed by atoms with Gasteiger partial charge >= 0.3 is 0 Å². The molecule has 2 atom stereocenters. The maximum absolute atomic E-state index is 11.5. The summed E-state index contributed by atoms with van der Waals surface area (Å²) in [4.78, 5) is 44.1. The highest BCUT2D eigenvalue weighted by Gasteiger charge is 2.17. The van der Waals surface area contributed by atoms with Crippen LogP contribution >= 0.6 is 0 Å². The highest BCUT2D eigenvalue weighted by molar-refractivity contribution is 5.90. The molecule has 6 N–H and O–H groups in total. The summed E-state index contributed by atoms with van der Waals surface area (Å²) in [7, 11) is 0. The van der Waals surface area contributed by atoms with Gasteiger partial charge in [-0.3, -0.25) is 14.4 Å². The summed E-state index contributed by atoms with van der Waals surface area (Å²) in [6, 6.07) is -0.855. The van der Waals surface area contributed by atoms with Crippen molar-refractivity contribution < 1.29 is 24.3 Å². The highest BCUT2D eigenvalue weighted by Crippen LogP contribution is 1.91. The van der Waals surface area contributed by atoms with Gasteiger partial charge in [-0.15, -0.1) is 0 Å². The molecule has 0 saturated carbocycles. The number of hydrogen-bond acceptors (Lipinski definition) is 6. The quantitative estimate of drug-likeness (QED) is 0.279. The lowest BCUT2D eigenvalue weighted by Gasteiger charge is -2.15. The molecule has 2 unspecified atom stereocenters. The van der Waals surface area contributed by atoms with Gasteiger partial charge in [0.25, 0.3) is 0 Å². The number of aliphatic hydroxyl groups excluding tert-OH is 1. The average molecular weight is 288 g/mol. The van der Waals surface area contributed by atoms with Gasteiger partial charge in [-0.25, -0.2) is 0 Å². The van der Waals surface area contributed by atoms with Crippen molar-refractivity contribution in [3.05, 3.63) is 0 Å². The fourth-order valence-corrected chi connectivity index (χ4v) is 1.20. The van der Waals surface area contributed by atoms with Crippen molar-refractivity contribution in [1.82, 2.24) is 16.0 Å². The Morgan fingerprint density at radius 1 is 1.25 bits per heavy atom. The number of carbonyl (C=O) groups excluding carboxylic acids is 4. The van der Waals surface area contributed by atoms with Gasteiger partial charge in [0.2, 0.25) is 17.7 Å². The molecule has 0 radical (unpaired) electrons. The number of hydrogen-bond donors (Lipinski definition) is 5. The molecule has 0 heterocycles. The molecule has 0 aromatic rings. The third kappa shape index (κ3) is 8.16. The van der Waals surface area contributed by atoms with Crippen molar-refractivity contribution in [1.29, 1.82) is 0 Å². The molecule has 0 aliphatic rings. The van der Waals surface area contributed by atoms with Crippen LogP contribution in [0.15, 0.2) is 0 Å². The molecule has 0 aliphatic heterocycles. The minimum Gasteiger partial charge on any atom is -0.391 e. The predicted octanol–water partition coefficient (Wildman–Crippen LogP) is -3.37. The molecule has 9 heteroatoms. The molecule has 0 rings (SSSR count). The Morgan fingerprint density at radius 2 is 1.90 bits per heavy atom. The van der Waals surface area contributed by atoms with Crippen LogP contribution in [0.4, 0.5) is 0 Å². The summed E-state index contributed by atoms with van der Waals surface area (Å²) in [6.45, 7) is 0.965. The van der Waals surface area contributed by atoms with Crippen LogP contribution in [0.5, 0.6) is 0 Å². The van der Waals surface area contributed by atoms with E-state index in [4.69, 9.17) is 5.73 Å². The van der Waals surface area contributed by atoms with Gasteiger partial charge in [0.05, 0.1) is 25.6 Å². The summed E-state index contributed by atoms with van der Waals surface area (Å²) in [5, 5.41) is 16.1. The molecule has 0 bridgehead atoms. The number of nitrogens with two attached hydrogens (primary N) is 1. The third-order valence-corrected chi connectivity index (χ3v) is 2.27. The summed E-state index contributed by atoms with van der Waals surface area (Å²) < 4.78 is 0. The summed E-state index contributed by atoms with van der Waals surface area (Å²) in [5.74, 6) is -1.58. The van der Waals surface area contributed by atoms with Crippen molar-refractivity contribution in [2.24, 2.45) is 5.73 Å². The third-order valence-electron chi connectivity index (χ3n) is 2.27. The molecule has 0 spiro atoms. The number of carbonyl (C=O) groups is 4. The van der Waals surface area contributed by atoms with Gasteiger partial charge in [0.1, 0.15) is 12.3 Å². The van der Waals surface area contributed by atoms with E-state index in [1.165, 1.54) is 6.92 Å². The Hall–Kier alpha value is -2.00. The van der Waals surface area contributed by atoms with Gasteiger partial charge in [0, 0.05) is 6.54 Å². The van der Waals surface area contributed by atoms with E-state index < -0.39 is 29.9 Å². The van der Waals surface area contributed by atoms with Crippen LogP contribution in [0.3, 0.4) is 0 Å². The molecular weight excluding hydrogens is 268 g/mol. The van der Waals surface area contributed by atoms with E-state index >= 15 is 0 Å². The Kier molecular flexibility index (Phi) is 8.88. The average Bonchev–Trinajstić information content (AvgIpc) is 2.41. The molecule has 114 valence electrons. The zero-order valence-corrected chi connectivity index (χ0v) is 11.2. The Bertz CT molecular complexity index is 361. The first kappa shape index (κ1) is 18.0. The zero-order chi connectivity index (χ0) is 15.5. The van der Waals surface area contributed by atoms with Gasteiger partial charge < -0.3 is 31.6 Å². The minimum atomic E-state index is -0.959. The van der Waals surface area contributed by atoms with Gasteiger partial charge in [-0.2, -0.15) is 0 Å². The van der Waals surface area contributed by atoms with Crippen LogP contribution in [0.2, 0.25) is 0 Å². The molecule has 20 heavy (non-hydrogen) atoms. The highest BCUT2D eigenvalue weighted by atomic mass is 16.3. The number of amides is 3. The summed E-state index contributed by atoms with van der Waals surface area (Å²) in [6.07, 6.45) is -0.640. The van der Waals surface area contributed by atoms with Gasteiger partial charge in [-0.05, 0) is 6.92 Å². The topological polar surface area (TPSA) is 151 Å². The normalized spacial score (nSPS) is 12.9. The van der Waals surface area contributed by atoms with Gasteiger partial charge in [-0.1, -0.05) is 0 Å². The summed E-state index contributed by atoms with van der Waals surface area (Å²) >= 11 is 0. The number of aldehydes is 1. The van der Waals surface area contributed by atoms with Crippen molar-refractivity contribution >= 4 is 24.0 Å². The Balaban J connectivity index is 4.00. The van der Waals surface area contributed by atoms with Crippen LogP contribution in [0.1, 0.15) is 13.3 Å². The maximum Gasteiger partial charge on any atom is 0.242 e. The molecule has 0 aromatic carbocycles. The number of nitrogens with one attached hydrogen (secondary N) is 3. The molecule has 0 fully saturated rings. The minimum absolute atomic E-state index is 0.0507. The fourth-order valence-electron chi connectivity index (χ4n) is 1.20. The van der Waals surface area contributed by atoms with Crippen molar-refractivity contribution in [3.63, 3.8) is 0 Å². The Morgan fingerprint density at radius 3 is 2.45 bits per heavy atom. The zero-order valence-electron chi connectivity index (χ0n) is 11.2. The fraction of sp³-hybridized carbons (Fsp3) is 0.636. The van der Waals surface area contributed by atoms with Crippen molar-refractivity contribution in [2.75, 3.05) is 19.6 Å². The largest absolute Gasteiger partial charge is 0.391 e. The van der Waals surface area contributed by atoms with Crippen LogP contribution < -0.4 is 21.7 Å². The van der Waals surface area contributed by atoms with Crippen molar-refractivity contribution in [2.45, 2.75) is 25.5 Å².